The molecule has 0 aliphatic heterocycles. The summed E-state index contributed by atoms with van der Waals surface area (Å²) in [7, 11) is 2.92. The molecule has 0 aromatic carbocycles. The van der Waals surface area contributed by atoms with Crippen molar-refractivity contribution in [3.8, 4) is 11.3 Å². The maximum absolute atomic E-state index is 12.5. The largest absolute Gasteiger partial charge is 0.349 e. The third-order valence-corrected chi connectivity index (χ3v) is 5.24. The summed E-state index contributed by atoms with van der Waals surface area (Å²) in [6.45, 7) is 0.0823. The van der Waals surface area contributed by atoms with Crippen LogP contribution in [0, 0.1) is 0 Å². The Balaban J connectivity index is 1.55. The van der Waals surface area contributed by atoms with Gasteiger partial charge in [0, 0.05) is 37.4 Å². The minimum Gasteiger partial charge on any atom is -0.349 e. The van der Waals surface area contributed by atoms with Gasteiger partial charge in [0.15, 0.2) is 11.2 Å². The topological polar surface area (TPSA) is 117 Å². The SMILES string of the molecule is Cn1c(=O)c2c(ncn2CC(=O)NCc2nccnc2-c2ccsc2)n(C)c1=O. The first-order chi connectivity index (χ1) is 14.0. The molecular weight excluding hydrogens is 394 g/mol. The minimum absolute atomic E-state index is 0.113. The second-order valence-corrected chi connectivity index (χ2v) is 7.17. The third kappa shape index (κ3) is 3.36. The molecule has 0 fully saturated rings. The highest BCUT2D eigenvalue weighted by atomic mass is 32.1. The summed E-state index contributed by atoms with van der Waals surface area (Å²) < 4.78 is 3.70. The third-order valence-electron chi connectivity index (χ3n) is 4.55. The van der Waals surface area contributed by atoms with Crippen LogP contribution in [0.5, 0.6) is 0 Å². The Morgan fingerprint density at radius 1 is 1.14 bits per heavy atom. The lowest BCUT2D eigenvalue weighted by molar-refractivity contribution is -0.121. The van der Waals surface area contributed by atoms with Crippen LogP contribution in [0.4, 0.5) is 0 Å². The van der Waals surface area contributed by atoms with Gasteiger partial charge in [-0.25, -0.2) is 9.78 Å². The van der Waals surface area contributed by atoms with Crippen molar-refractivity contribution in [1.29, 1.82) is 0 Å². The van der Waals surface area contributed by atoms with E-state index < -0.39 is 11.2 Å². The van der Waals surface area contributed by atoms with E-state index in [4.69, 9.17) is 0 Å². The molecule has 0 saturated carbocycles. The van der Waals surface area contributed by atoms with Crippen LogP contribution in [0.15, 0.2) is 45.1 Å². The van der Waals surface area contributed by atoms with Crippen LogP contribution in [-0.2, 0) is 32.0 Å². The number of carbonyl (C=O) groups is 1. The maximum atomic E-state index is 12.5. The van der Waals surface area contributed by atoms with Gasteiger partial charge in [-0.15, -0.1) is 0 Å². The van der Waals surface area contributed by atoms with E-state index in [1.165, 1.54) is 29.6 Å². The molecule has 4 rings (SSSR count). The summed E-state index contributed by atoms with van der Waals surface area (Å²) in [5.41, 5.74) is 1.77. The van der Waals surface area contributed by atoms with Crippen LogP contribution in [0.3, 0.4) is 0 Å². The number of amides is 1. The van der Waals surface area contributed by atoms with Gasteiger partial charge >= 0.3 is 5.69 Å². The van der Waals surface area contributed by atoms with Crippen LogP contribution < -0.4 is 16.6 Å². The van der Waals surface area contributed by atoms with Crippen molar-refractivity contribution < 1.29 is 4.79 Å². The summed E-state index contributed by atoms with van der Waals surface area (Å²) in [5, 5.41) is 6.71. The number of rotatable bonds is 5. The van der Waals surface area contributed by atoms with E-state index in [2.05, 4.69) is 20.3 Å². The highest BCUT2D eigenvalue weighted by molar-refractivity contribution is 7.08. The molecule has 0 spiro atoms. The number of hydrogen-bond acceptors (Lipinski definition) is 7. The number of nitrogens with one attached hydrogen (secondary N) is 1. The van der Waals surface area contributed by atoms with Crippen LogP contribution in [0.25, 0.3) is 22.4 Å². The lowest BCUT2D eigenvalue weighted by Gasteiger charge is -2.09. The fourth-order valence-electron chi connectivity index (χ4n) is 3.05. The van der Waals surface area contributed by atoms with Crippen LogP contribution >= 0.6 is 11.3 Å². The number of hydrogen-bond donors (Lipinski definition) is 1. The van der Waals surface area contributed by atoms with Crippen molar-refractivity contribution in [2.75, 3.05) is 0 Å². The van der Waals surface area contributed by atoms with Gasteiger partial charge in [0.1, 0.15) is 6.54 Å². The average Bonchev–Trinajstić information content (AvgIpc) is 3.40. The van der Waals surface area contributed by atoms with Crippen molar-refractivity contribution in [3.05, 3.63) is 62.1 Å². The predicted octanol–water partition coefficient (Wildman–Crippen LogP) is 0.269. The number of nitrogens with zero attached hydrogens (tertiary/aromatic N) is 6. The van der Waals surface area contributed by atoms with Crippen molar-refractivity contribution in [1.82, 2.24) is 34.0 Å². The zero-order valence-corrected chi connectivity index (χ0v) is 16.5. The fraction of sp³-hybridized carbons (Fsp3) is 0.222. The first-order valence-corrected chi connectivity index (χ1v) is 9.61. The van der Waals surface area contributed by atoms with Gasteiger partial charge in [0.2, 0.25) is 5.91 Å². The smallest absolute Gasteiger partial charge is 0.332 e. The molecule has 4 aromatic rings. The number of carbonyl (C=O) groups excluding carboxylic acids is 1. The van der Waals surface area contributed by atoms with E-state index in [0.29, 0.717) is 11.4 Å². The van der Waals surface area contributed by atoms with Gasteiger partial charge < -0.3 is 9.88 Å². The van der Waals surface area contributed by atoms with Gasteiger partial charge in [-0.3, -0.25) is 28.7 Å². The molecule has 4 heterocycles. The Morgan fingerprint density at radius 3 is 2.69 bits per heavy atom. The van der Waals surface area contributed by atoms with E-state index in [0.717, 1.165) is 10.1 Å². The van der Waals surface area contributed by atoms with E-state index in [-0.39, 0.29) is 30.2 Å². The quantitative estimate of drug-likeness (QED) is 0.504. The molecule has 0 aliphatic rings. The average molecular weight is 411 g/mol. The molecule has 0 bridgehead atoms. The van der Waals surface area contributed by atoms with E-state index in [1.54, 1.807) is 23.7 Å². The zero-order valence-electron chi connectivity index (χ0n) is 15.7. The molecule has 1 amide bonds. The fourth-order valence-corrected chi connectivity index (χ4v) is 3.69. The summed E-state index contributed by atoms with van der Waals surface area (Å²) in [6.07, 6.45) is 4.56. The summed E-state index contributed by atoms with van der Waals surface area (Å²) in [5.74, 6) is -0.317. The number of aromatic nitrogens is 6. The summed E-state index contributed by atoms with van der Waals surface area (Å²) >= 11 is 1.55. The number of imidazole rings is 1. The van der Waals surface area contributed by atoms with Gasteiger partial charge in [0.25, 0.3) is 5.56 Å². The van der Waals surface area contributed by atoms with E-state index in [9.17, 15) is 14.4 Å². The second kappa shape index (κ2) is 7.43. The van der Waals surface area contributed by atoms with Crippen LogP contribution in [0.1, 0.15) is 5.69 Å². The Morgan fingerprint density at radius 2 is 1.93 bits per heavy atom. The monoisotopic (exact) mass is 411 g/mol. The molecule has 148 valence electrons. The summed E-state index contributed by atoms with van der Waals surface area (Å²) in [4.78, 5) is 49.7. The Bertz CT molecular complexity index is 1320. The first-order valence-electron chi connectivity index (χ1n) is 8.67. The first kappa shape index (κ1) is 18.7. The van der Waals surface area contributed by atoms with Crippen molar-refractivity contribution >= 4 is 28.4 Å². The predicted molar refractivity (Wildman–Crippen MR) is 107 cm³/mol. The molecule has 4 aromatic heterocycles. The highest BCUT2D eigenvalue weighted by Crippen LogP contribution is 2.22. The Labute approximate surface area is 168 Å². The molecule has 0 aliphatic carbocycles. The van der Waals surface area contributed by atoms with Crippen molar-refractivity contribution in [2.45, 2.75) is 13.1 Å². The lowest BCUT2D eigenvalue weighted by atomic mass is 10.2. The van der Waals surface area contributed by atoms with Crippen molar-refractivity contribution in [2.24, 2.45) is 14.1 Å². The van der Waals surface area contributed by atoms with Gasteiger partial charge in [-0.2, -0.15) is 11.3 Å². The molecule has 10 nitrogen and oxygen atoms in total. The Hall–Kier alpha value is -3.60. The maximum Gasteiger partial charge on any atom is 0.332 e. The summed E-state index contributed by atoms with van der Waals surface area (Å²) in [6, 6.07) is 1.94. The van der Waals surface area contributed by atoms with E-state index >= 15 is 0 Å². The Kier molecular flexibility index (Phi) is 4.80. The van der Waals surface area contributed by atoms with Crippen LogP contribution in [-0.4, -0.2) is 34.6 Å². The number of aryl methyl sites for hydroxylation is 1. The number of thiophene rings is 1. The minimum atomic E-state index is -0.498. The van der Waals surface area contributed by atoms with Gasteiger partial charge in [-0.1, -0.05) is 0 Å². The molecular formula is C18H17N7O3S. The zero-order chi connectivity index (χ0) is 20.5. The second-order valence-electron chi connectivity index (χ2n) is 6.39. The molecule has 11 heteroatoms. The van der Waals surface area contributed by atoms with Crippen molar-refractivity contribution in [3.63, 3.8) is 0 Å². The van der Waals surface area contributed by atoms with Crippen LogP contribution in [0.2, 0.25) is 0 Å². The number of fused-ring (bicyclic) bond motifs is 1. The molecule has 1 N–H and O–H groups in total. The molecule has 29 heavy (non-hydrogen) atoms. The molecule has 0 radical (unpaired) electrons. The normalized spacial score (nSPS) is 11.1. The van der Waals surface area contributed by atoms with Gasteiger partial charge in [0.05, 0.1) is 24.3 Å². The lowest BCUT2D eigenvalue weighted by Crippen LogP contribution is -2.38. The molecule has 0 saturated heterocycles. The van der Waals surface area contributed by atoms with Gasteiger partial charge in [-0.05, 0) is 11.4 Å². The molecule has 0 unspecified atom stereocenters. The molecule has 0 atom stereocenters. The highest BCUT2D eigenvalue weighted by Gasteiger charge is 2.16. The standard InChI is InChI=1S/C18H17N7O3S/c1-23-16-15(17(27)24(2)18(23)28)25(10-22-16)8-13(26)21-7-12-14(20-5-4-19-12)11-3-6-29-9-11/h3-6,9-10H,7-8H2,1-2H3,(H,21,26). The van der Waals surface area contributed by atoms with E-state index in [1.807, 2.05) is 16.8 Å².